The van der Waals surface area contributed by atoms with E-state index in [1.165, 1.54) is 43.8 Å². The number of thiazole rings is 1. The number of amidine groups is 1. The van der Waals surface area contributed by atoms with Gasteiger partial charge in [-0.2, -0.15) is 0 Å². The van der Waals surface area contributed by atoms with Crippen LogP contribution in [0.3, 0.4) is 0 Å². The molecule has 2 atom stereocenters. The van der Waals surface area contributed by atoms with Crippen LogP contribution in [0.4, 0.5) is 4.39 Å². The van der Waals surface area contributed by atoms with Gasteiger partial charge in [-0.1, -0.05) is 51.3 Å². The van der Waals surface area contributed by atoms with Crippen LogP contribution in [0.5, 0.6) is 11.5 Å². The number of ether oxygens (including phenoxy) is 4. The molecule has 0 fully saturated rings. The maximum absolute atomic E-state index is 14.0. The lowest BCUT2D eigenvalue weighted by Crippen LogP contribution is -2.38. The van der Waals surface area contributed by atoms with Crippen LogP contribution in [-0.4, -0.2) is 80.3 Å². The second-order valence-electron chi connectivity index (χ2n) is 15.5. The third-order valence-electron chi connectivity index (χ3n) is 10.4. The molecule has 1 unspecified atom stereocenters. The van der Waals surface area contributed by atoms with E-state index in [1.54, 1.807) is 25.6 Å². The lowest BCUT2D eigenvalue weighted by molar-refractivity contribution is -0.136. The number of rotatable bonds is 15. The highest BCUT2D eigenvalue weighted by atomic mass is 35.5. The first kappa shape index (κ1) is 42.6. The second kappa shape index (κ2) is 18.3. The van der Waals surface area contributed by atoms with E-state index in [-0.39, 0.29) is 22.0 Å². The summed E-state index contributed by atoms with van der Waals surface area (Å²) in [5.74, 6) is 0.00902. The molecule has 4 heterocycles. The number of carbonyl (C=O) groups is 2. The number of esters is 2. The van der Waals surface area contributed by atoms with Gasteiger partial charge in [0.15, 0.2) is 27.8 Å². The maximum Gasteiger partial charge on any atom is 0.343 e. The van der Waals surface area contributed by atoms with Crippen LogP contribution in [0, 0.1) is 11.2 Å². The summed E-state index contributed by atoms with van der Waals surface area (Å²) in [6.07, 6.45) is 7.61. The van der Waals surface area contributed by atoms with Gasteiger partial charge in [0.2, 0.25) is 0 Å². The van der Waals surface area contributed by atoms with Gasteiger partial charge in [0.1, 0.15) is 17.4 Å². The fourth-order valence-electron chi connectivity index (χ4n) is 7.43. The minimum absolute atomic E-state index is 0.00687. The maximum atomic E-state index is 14.0. The first-order chi connectivity index (χ1) is 27.7. The van der Waals surface area contributed by atoms with Gasteiger partial charge in [-0.25, -0.2) is 19.0 Å². The highest BCUT2D eigenvalue weighted by Gasteiger charge is 2.36. The number of methoxy groups -OCH3 is 3. The highest BCUT2D eigenvalue weighted by Crippen LogP contribution is 2.46. The molecule has 6 rings (SSSR count). The summed E-state index contributed by atoms with van der Waals surface area (Å²) in [5.41, 5.74) is 3.45. The number of aliphatic imine (C=N–C) groups is 1. The number of halogens is 2. The quantitative estimate of drug-likeness (QED) is 0.0935. The molecule has 4 aromatic rings. The number of carbonyl (C=O) groups excluding carboxylic acids is 2. The van der Waals surface area contributed by atoms with Crippen molar-refractivity contribution in [3.05, 3.63) is 108 Å². The molecule has 2 aromatic heterocycles. The zero-order valence-electron chi connectivity index (χ0n) is 33.8. The molecule has 0 amide bonds. The molecule has 1 N–H and O–H groups in total. The molecule has 0 aliphatic carbocycles. The summed E-state index contributed by atoms with van der Waals surface area (Å²) in [7, 11) is 6.17. The number of nitrogens with zero attached hydrogens (tertiary/aromatic N) is 4. The first-order valence-electron chi connectivity index (χ1n) is 19.1. The van der Waals surface area contributed by atoms with Crippen molar-refractivity contribution in [2.45, 2.75) is 65.0 Å². The molecule has 0 radical (unpaired) electrons. The number of aromatic nitrogens is 2. The van der Waals surface area contributed by atoms with Gasteiger partial charge in [0.25, 0.3) is 0 Å². The third-order valence-corrected chi connectivity index (χ3v) is 11.5. The van der Waals surface area contributed by atoms with Crippen molar-refractivity contribution in [1.82, 2.24) is 19.8 Å². The molecule has 58 heavy (non-hydrogen) atoms. The lowest BCUT2D eigenvalue weighted by Gasteiger charge is -2.39. The zero-order valence-corrected chi connectivity index (χ0v) is 35.4. The predicted octanol–water partition coefficient (Wildman–Crippen LogP) is 7.79. The number of nitrogens with one attached hydrogen (secondary N) is 1. The molecule has 2 aromatic carbocycles. The van der Waals surface area contributed by atoms with Crippen molar-refractivity contribution >= 4 is 40.7 Å². The number of unbranched alkanes of at least 4 members (excludes halogenated alkanes) is 3. The highest BCUT2D eigenvalue weighted by molar-refractivity contribution is 7.11. The van der Waals surface area contributed by atoms with Gasteiger partial charge < -0.3 is 33.7 Å². The van der Waals surface area contributed by atoms with E-state index in [1.807, 2.05) is 29.1 Å². The Morgan fingerprint density at radius 1 is 1.03 bits per heavy atom. The van der Waals surface area contributed by atoms with Gasteiger partial charge in [-0.3, -0.25) is 9.79 Å². The van der Waals surface area contributed by atoms with E-state index in [9.17, 15) is 18.8 Å². The number of hydrogen-bond donors (Lipinski definition) is 1. The summed E-state index contributed by atoms with van der Waals surface area (Å²) >= 11 is 7.90. The van der Waals surface area contributed by atoms with Crippen molar-refractivity contribution in [2.24, 2.45) is 10.4 Å². The first-order valence-corrected chi connectivity index (χ1v) is 20.4. The Kier molecular flexibility index (Phi) is 13.4. The molecular weight excluding hydrogens is 785 g/mol. The normalized spacial score (nSPS) is 16.3. The molecule has 2 aliphatic rings. The Bertz CT molecular complexity index is 2290. The SMILES string of the molecule is COC(=O)C1=C(CN(C)CCCCCCOc2cc3c(cc2OC)-c2cc(=O)c(C(=O)OC)cn2C(C(C)(C)C)C3)NC(c2nccs2)=N[C@H]1c1ccc(F)cc1Cl. The van der Waals surface area contributed by atoms with Gasteiger partial charge in [-0.15, -0.1) is 11.3 Å². The molecule has 15 heteroatoms. The van der Waals surface area contributed by atoms with Crippen molar-refractivity contribution < 1.29 is 32.9 Å². The molecule has 308 valence electrons. The minimum Gasteiger partial charge on any atom is -0.493 e. The van der Waals surface area contributed by atoms with E-state index >= 15 is 0 Å². The Labute approximate surface area is 346 Å². The molecule has 0 spiro atoms. The fraction of sp³-hybridized carbons (Fsp3) is 0.419. The van der Waals surface area contributed by atoms with Crippen LogP contribution in [0.25, 0.3) is 11.3 Å². The molecule has 0 saturated carbocycles. The summed E-state index contributed by atoms with van der Waals surface area (Å²) < 4.78 is 38.2. The number of fused-ring (bicyclic) bond motifs is 3. The lowest BCUT2D eigenvalue weighted by atomic mass is 9.78. The molecule has 2 aliphatic heterocycles. The van der Waals surface area contributed by atoms with Crippen molar-refractivity contribution in [3.8, 4) is 22.8 Å². The standard InChI is InChI=1S/C43H49ClFN5O7S/c1-43(2,3)36-19-25-18-35(34(54-5)21-28(25)32-22-33(51)29(23-50(32)36)41(52)55-6)57-16-11-9-8-10-15-49(4)24-31-37(42(53)56-7)38(27-13-12-26(45)20-30(27)44)48-39(47-31)40-46-14-17-58-40/h12-14,17-18,20-23,36,38H,8-11,15-16,19,24H2,1-7H3,(H,47,48)/t36?,38-/m0/s1. The van der Waals surface area contributed by atoms with Crippen LogP contribution in [0.15, 0.2) is 75.2 Å². The van der Waals surface area contributed by atoms with E-state index < -0.39 is 29.2 Å². The predicted molar refractivity (Wildman–Crippen MR) is 223 cm³/mol. The Hall–Kier alpha value is -5.05. The van der Waals surface area contributed by atoms with Crippen LogP contribution in [0.2, 0.25) is 5.02 Å². The van der Waals surface area contributed by atoms with Crippen LogP contribution in [-0.2, 0) is 20.7 Å². The van der Waals surface area contributed by atoms with E-state index in [0.717, 1.165) is 49.0 Å². The van der Waals surface area contributed by atoms with Crippen LogP contribution >= 0.6 is 22.9 Å². The summed E-state index contributed by atoms with van der Waals surface area (Å²) in [4.78, 5) is 50.0. The van der Waals surface area contributed by atoms with E-state index in [2.05, 4.69) is 36.0 Å². The summed E-state index contributed by atoms with van der Waals surface area (Å²) in [6.45, 7) is 8.07. The molecule has 12 nitrogen and oxygen atoms in total. The number of hydrogen-bond acceptors (Lipinski definition) is 12. The van der Waals surface area contributed by atoms with Crippen molar-refractivity contribution in [3.63, 3.8) is 0 Å². The third kappa shape index (κ3) is 9.29. The van der Waals surface area contributed by atoms with Gasteiger partial charge in [-0.05, 0) is 68.1 Å². The monoisotopic (exact) mass is 833 g/mol. The topological polar surface area (TPSA) is 134 Å². The molecule has 0 saturated heterocycles. The van der Waals surface area contributed by atoms with Gasteiger partial charge in [0, 0.05) is 58.3 Å². The zero-order chi connectivity index (χ0) is 41.7. The average molecular weight is 834 g/mol. The minimum atomic E-state index is -0.820. The largest absolute Gasteiger partial charge is 0.493 e. The summed E-state index contributed by atoms with van der Waals surface area (Å²) in [6, 6.07) is 8.64. The summed E-state index contributed by atoms with van der Waals surface area (Å²) in [5, 5.41) is 5.98. The Balaban J connectivity index is 1.08. The second-order valence-corrected chi connectivity index (χ2v) is 16.8. The molecular formula is C43H49ClFN5O7S. The Morgan fingerprint density at radius 3 is 2.47 bits per heavy atom. The number of benzene rings is 2. The van der Waals surface area contributed by atoms with Gasteiger partial charge in [0.05, 0.1) is 39.2 Å². The number of likely N-dealkylation sites (N-methyl/N-ethyl adjacent to an activating group) is 1. The smallest absolute Gasteiger partial charge is 0.343 e. The van der Waals surface area contributed by atoms with Crippen molar-refractivity contribution in [1.29, 1.82) is 0 Å². The average Bonchev–Trinajstić information content (AvgIpc) is 3.74. The fourth-order valence-corrected chi connectivity index (χ4v) is 8.29. The van der Waals surface area contributed by atoms with Crippen LogP contribution in [0.1, 0.15) is 85.0 Å². The Morgan fingerprint density at radius 2 is 1.79 bits per heavy atom. The van der Waals surface area contributed by atoms with E-state index in [4.69, 9.17) is 35.5 Å². The van der Waals surface area contributed by atoms with Crippen molar-refractivity contribution in [2.75, 3.05) is 48.1 Å². The van der Waals surface area contributed by atoms with Crippen LogP contribution < -0.4 is 20.2 Å². The van der Waals surface area contributed by atoms with Gasteiger partial charge >= 0.3 is 11.9 Å². The number of pyridine rings is 1. The molecule has 0 bridgehead atoms. The van der Waals surface area contributed by atoms with E-state index in [0.29, 0.717) is 58.7 Å².